The van der Waals surface area contributed by atoms with Gasteiger partial charge in [0.05, 0.1) is 41.7 Å². The van der Waals surface area contributed by atoms with E-state index < -0.39 is 0 Å². The van der Waals surface area contributed by atoms with E-state index in [1.165, 1.54) is 0 Å². The zero-order valence-corrected chi connectivity index (χ0v) is 18.9. The number of para-hydroxylation sites is 1. The van der Waals surface area contributed by atoms with Crippen LogP contribution >= 0.6 is 11.7 Å². The van der Waals surface area contributed by atoms with Crippen LogP contribution in [0.25, 0.3) is 0 Å². The van der Waals surface area contributed by atoms with E-state index in [0.717, 1.165) is 42.5 Å². The molecule has 0 aliphatic carbocycles. The van der Waals surface area contributed by atoms with E-state index in [4.69, 9.17) is 4.42 Å². The minimum absolute atomic E-state index is 0.0831. The quantitative estimate of drug-likeness (QED) is 0.374. The normalized spacial score (nSPS) is 16.8. The average Bonchev–Trinajstić information content (AvgIpc) is 3.54. The lowest BCUT2D eigenvalue weighted by Crippen LogP contribution is -2.37. The van der Waals surface area contributed by atoms with Gasteiger partial charge in [0, 0.05) is 6.54 Å². The van der Waals surface area contributed by atoms with Gasteiger partial charge in [-0.05, 0) is 50.5 Å². The van der Waals surface area contributed by atoms with Crippen molar-refractivity contribution in [3.63, 3.8) is 0 Å². The van der Waals surface area contributed by atoms with Gasteiger partial charge in [0.15, 0.2) is 17.4 Å². The van der Waals surface area contributed by atoms with E-state index in [-0.39, 0.29) is 35.9 Å². The Kier molecular flexibility index (Phi) is 6.61. The largest absolute Gasteiger partial charge is 0.505 e. The number of furan rings is 1. The molecule has 0 spiro atoms. The summed E-state index contributed by atoms with van der Waals surface area (Å²) in [6.45, 7) is 4.42. The molecule has 32 heavy (non-hydrogen) atoms. The molecule has 4 N–H and O–H groups in total. The Morgan fingerprint density at radius 2 is 2.12 bits per heavy atom. The zero-order chi connectivity index (χ0) is 22.7. The average molecular weight is 458 g/mol. The number of aliphatic hydroxyl groups excluding tert-OH is 1. The van der Waals surface area contributed by atoms with E-state index in [0.29, 0.717) is 23.9 Å². The van der Waals surface area contributed by atoms with E-state index in [1.54, 1.807) is 23.1 Å². The van der Waals surface area contributed by atoms with Gasteiger partial charge in [-0.3, -0.25) is 4.79 Å². The minimum atomic E-state index is -0.295. The van der Waals surface area contributed by atoms with Crippen molar-refractivity contribution in [2.75, 3.05) is 23.8 Å². The molecular formula is C22H27N5O4S. The number of nitrogens with one attached hydrogen (secondary N) is 2. The number of nitrogens with zero attached hydrogens (tertiary/aromatic N) is 3. The van der Waals surface area contributed by atoms with Crippen molar-refractivity contribution >= 4 is 35.0 Å². The Hall–Kier alpha value is -3.11. The molecule has 1 fully saturated rings. The molecule has 170 valence electrons. The van der Waals surface area contributed by atoms with Crippen LogP contribution in [0, 0.1) is 6.92 Å². The molecule has 1 unspecified atom stereocenters. The fraction of sp³-hybridized carbons (Fsp3) is 0.409. The molecule has 3 aromatic rings. The topological polar surface area (TPSA) is 124 Å². The Balaban J connectivity index is 1.54. The third kappa shape index (κ3) is 4.42. The number of carbonyl (C=O) groups excluding carboxylic acids is 1. The van der Waals surface area contributed by atoms with E-state index in [9.17, 15) is 15.0 Å². The number of hydrogen-bond acceptors (Lipinski definition) is 9. The number of hydrogen-bond donors (Lipinski definition) is 4. The van der Waals surface area contributed by atoms with E-state index >= 15 is 0 Å². The number of anilines is 3. The first kappa shape index (κ1) is 22.1. The van der Waals surface area contributed by atoms with Crippen LogP contribution < -0.4 is 10.6 Å². The van der Waals surface area contributed by atoms with Crippen LogP contribution in [0.2, 0.25) is 0 Å². The number of likely N-dealkylation sites (tertiary alicyclic amines) is 1. The Bertz CT molecular complexity index is 1080. The second-order valence-corrected chi connectivity index (χ2v) is 8.35. The minimum Gasteiger partial charge on any atom is -0.505 e. The van der Waals surface area contributed by atoms with Gasteiger partial charge in [0.2, 0.25) is 0 Å². The maximum atomic E-state index is 13.0. The molecule has 0 bridgehead atoms. The molecule has 1 saturated heterocycles. The molecule has 0 saturated carbocycles. The summed E-state index contributed by atoms with van der Waals surface area (Å²) >= 11 is 1.04. The van der Waals surface area contributed by atoms with Gasteiger partial charge >= 0.3 is 0 Å². The van der Waals surface area contributed by atoms with Crippen molar-refractivity contribution in [3.05, 3.63) is 47.4 Å². The highest BCUT2D eigenvalue weighted by Crippen LogP contribution is 2.35. The van der Waals surface area contributed by atoms with Crippen molar-refractivity contribution in [1.82, 2.24) is 13.6 Å². The highest BCUT2D eigenvalue weighted by atomic mass is 32.1. The van der Waals surface area contributed by atoms with Crippen molar-refractivity contribution in [2.24, 2.45) is 0 Å². The van der Waals surface area contributed by atoms with Gasteiger partial charge in [0.1, 0.15) is 11.5 Å². The Morgan fingerprint density at radius 3 is 2.84 bits per heavy atom. The smallest absolute Gasteiger partial charge is 0.258 e. The summed E-state index contributed by atoms with van der Waals surface area (Å²) in [5.41, 5.74) is 0.541. The molecule has 4 rings (SSSR count). The number of amides is 1. The first-order chi connectivity index (χ1) is 15.5. The first-order valence-electron chi connectivity index (χ1n) is 10.7. The number of rotatable bonds is 8. The van der Waals surface area contributed by atoms with E-state index in [1.807, 2.05) is 26.0 Å². The monoisotopic (exact) mass is 457 g/mol. The standard InChI is InChI=1S/C22H27N5O4S/c1-3-16(18-10-9-13(2)31-18)23-20-21(26-32-25-20)24-17-8-4-7-15(19(17)29)22(30)27-11-5-6-14(27)12-28/h4,7-10,14,16,28-29H,3,5-6,11-12H2,1-2H3,(H,23,25)(H,24,26)/t14?,16-/m1/s1. The van der Waals surface area contributed by atoms with Gasteiger partial charge in [-0.15, -0.1) is 0 Å². The van der Waals surface area contributed by atoms with E-state index in [2.05, 4.69) is 19.4 Å². The van der Waals surface area contributed by atoms with Crippen LogP contribution in [-0.4, -0.2) is 49.0 Å². The number of phenols is 1. The van der Waals surface area contributed by atoms with Gasteiger partial charge in [-0.2, -0.15) is 8.75 Å². The second kappa shape index (κ2) is 9.58. The number of phenolic OH excluding ortho intramolecular Hbond substituents is 1. The number of carbonyl (C=O) groups is 1. The Labute approximate surface area is 190 Å². The van der Waals surface area contributed by atoms with Crippen LogP contribution in [0.1, 0.15) is 54.1 Å². The van der Waals surface area contributed by atoms with Gasteiger partial charge in [0.25, 0.3) is 5.91 Å². The first-order valence-corrected chi connectivity index (χ1v) is 11.4. The van der Waals surface area contributed by atoms with Crippen LogP contribution in [0.4, 0.5) is 17.3 Å². The predicted octanol–water partition coefficient (Wildman–Crippen LogP) is 4.05. The van der Waals surface area contributed by atoms with Gasteiger partial charge < -0.3 is 30.2 Å². The molecule has 1 aliphatic rings. The van der Waals surface area contributed by atoms with Crippen molar-refractivity contribution in [1.29, 1.82) is 0 Å². The summed E-state index contributed by atoms with van der Waals surface area (Å²) in [6.07, 6.45) is 2.37. The fourth-order valence-electron chi connectivity index (χ4n) is 3.94. The van der Waals surface area contributed by atoms with Crippen LogP contribution in [0.3, 0.4) is 0 Å². The molecule has 2 atom stereocenters. The maximum absolute atomic E-state index is 13.0. The Morgan fingerprint density at radius 1 is 1.31 bits per heavy atom. The summed E-state index contributed by atoms with van der Waals surface area (Å²) in [4.78, 5) is 14.6. The molecule has 1 aromatic carbocycles. The third-order valence-electron chi connectivity index (χ3n) is 5.68. The number of benzene rings is 1. The summed E-state index contributed by atoms with van der Waals surface area (Å²) in [5.74, 6) is 2.18. The number of aromatic nitrogens is 2. The molecule has 1 amide bonds. The summed E-state index contributed by atoms with van der Waals surface area (Å²) in [6, 6.07) is 8.51. The molecule has 9 nitrogen and oxygen atoms in total. The molecule has 10 heteroatoms. The third-order valence-corrected chi connectivity index (χ3v) is 6.21. The molecule has 2 aromatic heterocycles. The molecule has 3 heterocycles. The lowest BCUT2D eigenvalue weighted by Gasteiger charge is -2.24. The number of aromatic hydroxyl groups is 1. The second-order valence-electron chi connectivity index (χ2n) is 7.82. The number of aryl methyl sites for hydroxylation is 1. The lowest BCUT2D eigenvalue weighted by atomic mass is 10.1. The van der Waals surface area contributed by atoms with Crippen LogP contribution in [-0.2, 0) is 0 Å². The zero-order valence-electron chi connectivity index (χ0n) is 18.0. The summed E-state index contributed by atoms with van der Waals surface area (Å²) in [5, 5.41) is 26.8. The fourth-order valence-corrected chi connectivity index (χ4v) is 4.41. The molecule has 1 aliphatic heterocycles. The highest BCUT2D eigenvalue weighted by Gasteiger charge is 2.30. The summed E-state index contributed by atoms with van der Waals surface area (Å²) in [7, 11) is 0. The maximum Gasteiger partial charge on any atom is 0.258 e. The highest BCUT2D eigenvalue weighted by molar-refractivity contribution is 6.99. The molecular weight excluding hydrogens is 430 g/mol. The van der Waals surface area contributed by atoms with Crippen LogP contribution in [0.15, 0.2) is 34.7 Å². The summed E-state index contributed by atoms with van der Waals surface area (Å²) < 4.78 is 14.4. The van der Waals surface area contributed by atoms with Crippen molar-refractivity contribution < 1.29 is 19.4 Å². The molecule has 0 radical (unpaired) electrons. The SMILES string of the molecule is CC[C@@H](Nc1nsnc1Nc1cccc(C(=O)N2CCCC2CO)c1O)c1ccc(C)o1. The van der Waals surface area contributed by atoms with Crippen molar-refractivity contribution in [3.8, 4) is 5.75 Å². The van der Waals surface area contributed by atoms with Gasteiger partial charge in [-0.1, -0.05) is 13.0 Å². The van der Waals surface area contributed by atoms with Crippen LogP contribution in [0.5, 0.6) is 5.75 Å². The lowest BCUT2D eigenvalue weighted by molar-refractivity contribution is 0.0674. The van der Waals surface area contributed by atoms with Gasteiger partial charge in [-0.25, -0.2) is 0 Å². The predicted molar refractivity (Wildman–Crippen MR) is 123 cm³/mol. The number of aliphatic hydroxyl groups is 1. The van der Waals surface area contributed by atoms with Crippen molar-refractivity contribution in [2.45, 2.75) is 45.2 Å².